The maximum Gasteiger partial charge on any atom is 0.422 e. The van der Waals surface area contributed by atoms with Crippen LogP contribution < -0.4 is 4.72 Å². The Hall–Kier alpha value is -1.88. The highest BCUT2D eigenvalue weighted by atomic mass is 32.2. The molecule has 0 aliphatic rings. The fraction of sp³-hybridized carbons (Fsp3) is 0.786. The molecule has 0 rings (SSSR count). The molecule has 0 aliphatic carbocycles. The molecular weight excluding hydrogens is 354 g/mol. The van der Waals surface area contributed by atoms with Crippen molar-refractivity contribution < 1.29 is 32.6 Å². The Kier molecular flexibility index (Phi) is 13.6. The topological polar surface area (TPSA) is 133 Å². The predicted octanol–water partition coefficient (Wildman–Crippen LogP) is 0.0829. The van der Waals surface area contributed by atoms with Crippen molar-refractivity contribution in [1.29, 1.82) is 0 Å². The summed E-state index contributed by atoms with van der Waals surface area (Å²) in [4.78, 5) is 35.6. The van der Waals surface area contributed by atoms with Gasteiger partial charge < -0.3 is 19.6 Å². The zero-order valence-corrected chi connectivity index (χ0v) is 16.3. The summed E-state index contributed by atoms with van der Waals surface area (Å²) in [6.07, 6.45) is 0.507. The third-order valence-corrected chi connectivity index (χ3v) is 3.40. The van der Waals surface area contributed by atoms with Gasteiger partial charge in [-0.1, -0.05) is 13.8 Å². The Bertz CT molecular complexity index is 519. The van der Waals surface area contributed by atoms with E-state index in [4.69, 9.17) is 5.11 Å². The van der Waals surface area contributed by atoms with Crippen LogP contribution in [0.15, 0.2) is 0 Å². The van der Waals surface area contributed by atoms with Crippen molar-refractivity contribution in [3.8, 4) is 0 Å². The molecule has 148 valence electrons. The lowest BCUT2D eigenvalue weighted by Crippen LogP contribution is -2.37. The van der Waals surface area contributed by atoms with Gasteiger partial charge in [0, 0.05) is 25.9 Å². The number of nitrogens with zero attached hydrogens (tertiary/aromatic N) is 2. The molecule has 0 heterocycles. The minimum Gasteiger partial charge on any atom is -0.427 e. The van der Waals surface area contributed by atoms with Crippen LogP contribution in [0, 0.1) is 0 Å². The van der Waals surface area contributed by atoms with Crippen LogP contribution in [-0.4, -0.2) is 74.0 Å². The molecule has 0 aromatic heterocycles. The maximum atomic E-state index is 11.2. The lowest BCUT2D eigenvalue weighted by Gasteiger charge is -2.19. The van der Waals surface area contributed by atoms with E-state index in [0.29, 0.717) is 25.9 Å². The van der Waals surface area contributed by atoms with Gasteiger partial charge >= 0.3 is 6.09 Å². The van der Waals surface area contributed by atoms with Gasteiger partial charge in [-0.3, -0.25) is 9.59 Å². The SMILES string of the molecule is CCC(=O)N(CC)CO.CCC(=O)N(CC)COC(=O)NS(C)(=O)=O. The van der Waals surface area contributed by atoms with Crippen molar-refractivity contribution in [3.63, 3.8) is 0 Å². The average Bonchev–Trinajstić information content (AvgIpc) is 2.54. The molecule has 25 heavy (non-hydrogen) atoms. The molecule has 0 aliphatic heterocycles. The van der Waals surface area contributed by atoms with Gasteiger partial charge in [-0.2, -0.15) is 0 Å². The number of aliphatic hydroxyl groups is 1. The van der Waals surface area contributed by atoms with Gasteiger partial charge in [0.15, 0.2) is 6.73 Å². The number of amides is 3. The first-order valence-corrected chi connectivity index (χ1v) is 9.76. The number of carbonyl (C=O) groups is 3. The predicted molar refractivity (Wildman–Crippen MR) is 91.8 cm³/mol. The van der Waals surface area contributed by atoms with Crippen LogP contribution >= 0.6 is 0 Å². The third-order valence-electron chi connectivity index (χ3n) is 2.86. The fourth-order valence-corrected chi connectivity index (χ4v) is 1.82. The third kappa shape index (κ3) is 13.1. The average molecular weight is 383 g/mol. The van der Waals surface area contributed by atoms with Gasteiger partial charge in [0.25, 0.3) is 0 Å². The van der Waals surface area contributed by atoms with Crippen LogP contribution in [0.25, 0.3) is 0 Å². The molecule has 0 fully saturated rings. The summed E-state index contributed by atoms with van der Waals surface area (Å²) in [5, 5.41) is 8.53. The molecule has 0 saturated carbocycles. The number of hydrogen-bond acceptors (Lipinski definition) is 7. The van der Waals surface area contributed by atoms with Crippen molar-refractivity contribution in [2.75, 3.05) is 32.8 Å². The smallest absolute Gasteiger partial charge is 0.422 e. The van der Waals surface area contributed by atoms with Crippen LogP contribution in [0.2, 0.25) is 0 Å². The molecule has 0 bridgehead atoms. The summed E-state index contributed by atoms with van der Waals surface area (Å²) in [6.45, 7) is 7.58. The molecule has 0 aromatic carbocycles. The van der Waals surface area contributed by atoms with Gasteiger partial charge in [-0.05, 0) is 13.8 Å². The Balaban J connectivity index is 0. The van der Waals surface area contributed by atoms with Crippen molar-refractivity contribution in [2.45, 2.75) is 40.5 Å². The number of ether oxygens (including phenoxy) is 1. The van der Waals surface area contributed by atoms with E-state index in [2.05, 4.69) is 4.74 Å². The lowest BCUT2D eigenvalue weighted by molar-refractivity contribution is -0.135. The Morgan fingerprint density at radius 1 is 0.960 bits per heavy atom. The van der Waals surface area contributed by atoms with Crippen molar-refractivity contribution >= 4 is 27.9 Å². The summed E-state index contributed by atoms with van der Waals surface area (Å²) in [7, 11) is -3.63. The van der Waals surface area contributed by atoms with Gasteiger partial charge in [0.05, 0.1) is 6.26 Å². The summed E-state index contributed by atoms with van der Waals surface area (Å²) in [5.74, 6) is -0.172. The van der Waals surface area contributed by atoms with E-state index in [0.717, 1.165) is 6.26 Å². The number of aliphatic hydroxyl groups excluding tert-OH is 1. The second-order valence-corrected chi connectivity index (χ2v) is 6.53. The highest BCUT2D eigenvalue weighted by Gasteiger charge is 2.13. The van der Waals surface area contributed by atoms with E-state index >= 15 is 0 Å². The van der Waals surface area contributed by atoms with Crippen LogP contribution in [-0.2, 0) is 24.3 Å². The second-order valence-electron chi connectivity index (χ2n) is 4.78. The fourth-order valence-electron chi connectivity index (χ4n) is 1.46. The van der Waals surface area contributed by atoms with E-state index in [9.17, 15) is 22.8 Å². The van der Waals surface area contributed by atoms with E-state index in [1.165, 1.54) is 9.80 Å². The normalized spacial score (nSPS) is 10.2. The number of carbonyl (C=O) groups excluding carboxylic acids is 3. The van der Waals surface area contributed by atoms with E-state index in [1.807, 2.05) is 6.92 Å². The number of hydrogen-bond donors (Lipinski definition) is 2. The molecular formula is C14H29N3O7S. The quantitative estimate of drug-likeness (QED) is 0.567. The minimum absolute atomic E-state index is 0.000000000000000666. The number of rotatable bonds is 8. The van der Waals surface area contributed by atoms with Crippen LogP contribution in [0.3, 0.4) is 0 Å². The molecule has 0 saturated heterocycles. The number of sulfonamides is 1. The van der Waals surface area contributed by atoms with E-state index in [1.54, 1.807) is 25.5 Å². The van der Waals surface area contributed by atoms with Gasteiger partial charge in [-0.15, -0.1) is 0 Å². The molecule has 0 atom stereocenters. The second kappa shape index (κ2) is 13.4. The molecule has 0 unspecified atom stereocenters. The summed E-state index contributed by atoms with van der Waals surface area (Å²) in [6, 6.07) is 0. The monoisotopic (exact) mass is 383 g/mol. The van der Waals surface area contributed by atoms with Gasteiger partial charge in [-0.25, -0.2) is 17.9 Å². The highest BCUT2D eigenvalue weighted by molar-refractivity contribution is 7.89. The molecule has 10 nitrogen and oxygen atoms in total. The van der Waals surface area contributed by atoms with E-state index in [-0.39, 0.29) is 25.3 Å². The maximum absolute atomic E-state index is 11.2. The summed E-state index contributed by atoms with van der Waals surface area (Å²) >= 11 is 0. The summed E-state index contributed by atoms with van der Waals surface area (Å²) in [5.41, 5.74) is 0. The summed E-state index contributed by atoms with van der Waals surface area (Å²) < 4.78 is 27.5. The highest BCUT2D eigenvalue weighted by Crippen LogP contribution is 1.95. The first kappa shape index (κ1) is 25.4. The first-order valence-electron chi connectivity index (χ1n) is 7.86. The van der Waals surface area contributed by atoms with Crippen LogP contribution in [0.1, 0.15) is 40.5 Å². The Morgan fingerprint density at radius 2 is 1.40 bits per heavy atom. The van der Waals surface area contributed by atoms with Crippen molar-refractivity contribution in [3.05, 3.63) is 0 Å². The minimum atomic E-state index is -3.63. The number of nitrogens with one attached hydrogen (secondary N) is 1. The first-order chi connectivity index (χ1) is 11.6. The standard InChI is InChI=1S/C8H16N2O5S.C6H13NO2/c1-4-7(11)10(5-2)6-15-8(12)9-16(3,13)14;1-3-6(9)7(4-2)5-8/h4-6H2,1-3H3,(H,9,12);8H,3-5H2,1-2H3. The van der Waals surface area contributed by atoms with E-state index < -0.39 is 16.1 Å². The molecule has 0 radical (unpaired) electrons. The molecule has 0 spiro atoms. The molecule has 11 heteroatoms. The zero-order chi connectivity index (χ0) is 20.0. The Morgan fingerprint density at radius 3 is 1.68 bits per heavy atom. The van der Waals surface area contributed by atoms with Crippen molar-refractivity contribution in [2.24, 2.45) is 0 Å². The lowest BCUT2D eigenvalue weighted by atomic mass is 10.4. The largest absolute Gasteiger partial charge is 0.427 e. The van der Waals surface area contributed by atoms with Gasteiger partial charge in [0.2, 0.25) is 21.8 Å². The molecule has 3 amide bonds. The molecule has 2 N–H and O–H groups in total. The Labute approximate surface area is 149 Å². The van der Waals surface area contributed by atoms with Gasteiger partial charge in [0.1, 0.15) is 6.73 Å². The molecule has 0 aromatic rings. The van der Waals surface area contributed by atoms with Crippen LogP contribution in [0.4, 0.5) is 4.79 Å². The van der Waals surface area contributed by atoms with Crippen LogP contribution in [0.5, 0.6) is 0 Å². The van der Waals surface area contributed by atoms with Crippen molar-refractivity contribution in [1.82, 2.24) is 14.5 Å². The zero-order valence-electron chi connectivity index (χ0n) is 15.4.